The lowest BCUT2D eigenvalue weighted by molar-refractivity contribution is -0.118. The normalized spacial score (nSPS) is 9.69. The SMILES string of the molecule is CC(=O)NCCc1ccc(I)nc1. The minimum Gasteiger partial charge on any atom is -0.356 e. The predicted octanol–water partition coefficient (Wildman–Crippen LogP) is 1.36. The summed E-state index contributed by atoms with van der Waals surface area (Å²) >= 11 is 2.16. The molecule has 70 valence electrons. The van der Waals surface area contributed by atoms with Crippen molar-refractivity contribution in [1.82, 2.24) is 10.3 Å². The lowest BCUT2D eigenvalue weighted by atomic mass is 10.2. The zero-order valence-corrected chi connectivity index (χ0v) is 9.54. The molecule has 0 fully saturated rings. The van der Waals surface area contributed by atoms with Crippen LogP contribution in [0.2, 0.25) is 0 Å². The molecule has 1 N–H and O–H groups in total. The van der Waals surface area contributed by atoms with Crippen LogP contribution in [0.3, 0.4) is 0 Å². The molecule has 0 aromatic carbocycles. The number of hydrogen-bond donors (Lipinski definition) is 1. The second kappa shape index (κ2) is 5.16. The molecule has 13 heavy (non-hydrogen) atoms. The van der Waals surface area contributed by atoms with Crippen LogP contribution in [-0.2, 0) is 11.2 Å². The van der Waals surface area contributed by atoms with Crippen molar-refractivity contribution in [3.05, 3.63) is 27.6 Å². The summed E-state index contributed by atoms with van der Waals surface area (Å²) in [5, 5.41) is 2.74. The number of rotatable bonds is 3. The van der Waals surface area contributed by atoms with Crippen LogP contribution in [0.25, 0.3) is 0 Å². The van der Waals surface area contributed by atoms with Gasteiger partial charge in [0.25, 0.3) is 0 Å². The van der Waals surface area contributed by atoms with Crippen LogP contribution in [0.15, 0.2) is 18.3 Å². The van der Waals surface area contributed by atoms with Gasteiger partial charge in [0.15, 0.2) is 0 Å². The average molecular weight is 290 g/mol. The van der Waals surface area contributed by atoms with E-state index in [1.165, 1.54) is 6.92 Å². The first-order valence-electron chi connectivity index (χ1n) is 4.03. The summed E-state index contributed by atoms with van der Waals surface area (Å²) in [7, 11) is 0. The molecule has 0 saturated carbocycles. The van der Waals surface area contributed by atoms with Crippen molar-refractivity contribution in [1.29, 1.82) is 0 Å². The number of amides is 1. The first-order valence-corrected chi connectivity index (χ1v) is 5.11. The summed E-state index contributed by atoms with van der Waals surface area (Å²) in [5.41, 5.74) is 1.15. The maximum absolute atomic E-state index is 10.6. The van der Waals surface area contributed by atoms with Crippen molar-refractivity contribution in [3.8, 4) is 0 Å². The van der Waals surface area contributed by atoms with E-state index >= 15 is 0 Å². The topological polar surface area (TPSA) is 42.0 Å². The molecule has 0 aliphatic carbocycles. The Labute approximate surface area is 91.1 Å². The van der Waals surface area contributed by atoms with Crippen LogP contribution in [0, 0.1) is 3.70 Å². The van der Waals surface area contributed by atoms with Crippen LogP contribution >= 0.6 is 22.6 Å². The van der Waals surface area contributed by atoms with Crippen molar-refractivity contribution in [3.63, 3.8) is 0 Å². The van der Waals surface area contributed by atoms with Gasteiger partial charge in [-0.15, -0.1) is 0 Å². The number of hydrogen-bond acceptors (Lipinski definition) is 2. The van der Waals surface area contributed by atoms with E-state index in [-0.39, 0.29) is 5.91 Å². The third-order valence-electron chi connectivity index (χ3n) is 1.58. The highest BCUT2D eigenvalue weighted by atomic mass is 127. The molecule has 0 saturated heterocycles. The Morgan fingerprint density at radius 2 is 2.38 bits per heavy atom. The number of carbonyl (C=O) groups excluding carboxylic acids is 1. The zero-order valence-electron chi connectivity index (χ0n) is 7.38. The van der Waals surface area contributed by atoms with Gasteiger partial charge >= 0.3 is 0 Å². The van der Waals surface area contributed by atoms with E-state index < -0.39 is 0 Å². The molecule has 1 aromatic heterocycles. The van der Waals surface area contributed by atoms with Gasteiger partial charge in [-0.05, 0) is 40.6 Å². The minimum absolute atomic E-state index is 0.0125. The molecule has 3 nitrogen and oxygen atoms in total. The maximum Gasteiger partial charge on any atom is 0.216 e. The average Bonchev–Trinajstić information content (AvgIpc) is 2.08. The number of pyridine rings is 1. The smallest absolute Gasteiger partial charge is 0.216 e. The van der Waals surface area contributed by atoms with E-state index in [2.05, 4.69) is 32.9 Å². The Balaban J connectivity index is 2.37. The summed E-state index contributed by atoms with van der Waals surface area (Å²) in [6.07, 6.45) is 2.67. The fraction of sp³-hybridized carbons (Fsp3) is 0.333. The molecule has 0 aliphatic rings. The summed E-state index contributed by atoms with van der Waals surface area (Å²) in [6, 6.07) is 3.99. The monoisotopic (exact) mass is 290 g/mol. The van der Waals surface area contributed by atoms with Crippen molar-refractivity contribution in [2.45, 2.75) is 13.3 Å². The molecule has 0 unspecified atom stereocenters. The fourth-order valence-electron chi connectivity index (χ4n) is 0.937. The van der Waals surface area contributed by atoms with Crippen LogP contribution in [0.4, 0.5) is 0 Å². The summed E-state index contributed by atoms with van der Waals surface area (Å²) in [6.45, 7) is 2.20. The molecule has 1 aromatic rings. The van der Waals surface area contributed by atoms with Crippen LogP contribution in [0.1, 0.15) is 12.5 Å². The standard InChI is InChI=1S/C9H11IN2O/c1-7(13)11-5-4-8-2-3-9(10)12-6-8/h2-3,6H,4-5H2,1H3,(H,11,13). The van der Waals surface area contributed by atoms with Crippen molar-refractivity contribution < 1.29 is 4.79 Å². The molecule has 0 spiro atoms. The third-order valence-corrected chi connectivity index (χ3v) is 2.21. The van der Waals surface area contributed by atoms with Crippen molar-refractivity contribution in [2.24, 2.45) is 0 Å². The van der Waals surface area contributed by atoms with Crippen LogP contribution in [0.5, 0.6) is 0 Å². The molecule has 1 heterocycles. The molecule has 0 aliphatic heterocycles. The van der Waals surface area contributed by atoms with Crippen LogP contribution in [-0.4, -0.2) is 17.4 Å². The van der Waals surface area contributed by atoms with Gasteiger partial charge in [-0.3, -0.25) is 9.78 Å². The first kappa shape index (κ1) is 10.4. The van der Waals surface area contributed by atoms with Gasteiger partial charge in [0, 0.05) is 19.7 Å². The van der Waals surface area contributed by atoms with Gasteiger partial charge in [-0.2, -0.15) is 0 Å². The number of carbonyl (C=O) groups is 1. The highest BCUT2D eigenvalue weighted by Crippen LogP contribution is 2.02. The number of halogens is 1. The summed E-state index contributed by atoms with van der Waals surface area (Å²) < 4.78 is 0.987. The minimum atomic E-state index is 0.0125. The lowest BCUT2D eigenvalue weighted by Gasteiger charge is -2.01. The lowest BCUT2D eigenvalue weighted by Crippen LogP contribution is -2.22. The molecule has 1 amide bonds. The quantitative estimate of drug-likeness (QED) is 0.675. The van der Waals surface area contributed by atoms with Gasteiger partial charge in [-0.1, -0.05) is 6.07 Å². The van der Waals surface area contributed by atoms with E-state index in [0.717, 1.165) is 15.7 Å². The van der Waals surface area contributed by atoms with Crippen LogP contribution < -0.4 is 5.32 Å². The van der Waals surface area contributed by atoms with Crippen molar-refractivity contribution in [2.75, 3.05) is 6.54 Å². The van der Waals surface area contributed by atoms with Gasteiger partial charge in [0.1, 0.15) is 3.70 Å². The Morgan fingerprint density at radius 1 is 1.62 bits per heavy atom. The molecular weight excluding hydrogens is 279 g/mol. The highest BCUT2D eigenvalue weighted by molar-refractivity contribution is 14.1. The number of aromatic nitrogens is 1. The van der Waals surface area contributed by atoms with Gasteiger partial charge in [0.05, 0.1) is 0 Å². The number of nitrogens with zero attached hydrogens (tertiary/aromatic N) is 1. The second-order valence-electron chi connectivity index (χ2n) is 2.72. The van der Waals surface area contributed by atoms with E-state index in [9.17, 15) is 4.79 Å². The molecule has 0 atom stereocenters. The predicted molar refractivity (Wildman–Crippen MR) is 59.3 cm³/mol. The third kappa shape index (κ3) is 4.21. The Hall–Kier alpha value is -0.650. The van der Waals surface area contributed by atoms with E-state index in [1.54, 1.807) is 0 Å². The second-order valence-corrected chi connectivity index (χ2v) is 3.83. The molecule has 0 radical (unpaired) electrons. The Morgan fingerprint density at radius 3 is 2.92 bits per heavy atom. The molecule has 1 rings (SSSR count). The largest absolute Gasteiger partial charge is 0.356 e. The Bertz CT molecular complexity index is 284. The summed E-state index contributed by atoms with van der Waals surface area (Å²) in [4.78, 5) is 14.7. The first-order chi connectivity index (χ1) is 6.18. The fourth-order valence-corrected chi connectivity index (χ4v) is 1.26. The van der Waals surface area contributed by atoms with E-state index in [0.29, 0.717) is 6.54 Å². The zero-order chi connectivity index (χ0) is 9.68. The Kier molecular flexibility index (Phi) is 4.14. The van der Waals surface area contributed by atoms with Gasteiger partial charge < -0.3 is 5.32 Å². The van der Waals surface area contributed by atoms with Gasteiger partial charge in [0.2, 0.25) is 5.91 Å². The van der Waals surface area contributed by atoms with E-state index in [1.807, 2.05) is 18.3 Å². The van der Waals surface area contributed by atoms with Crippen molar-refractivity contribution >= 4 is 28.5 Å². The molecular formula is C9H11IN2O. The molecule has 4 heteroatoms. The summed E-state index contributed by atoms with van der Waals surface area (Å²) in [5.74, 6) is 0.0125. The molecule has 0 bridgehead atoms. The highest BCUT2D eigenvalue weighted by Gasteiger charge is 1.94. The van der Waals surface area contributed by atoms with E-state index in [4.69, 9.17) is 0 Å². The number of nitrogens with one attached hydrogen (secondary N) is 1. The maximum atomic E-state index is 10.6. The van der Waals surface area contributed by atoms with Gasteiger partial charge in [-0.25, -0.2) is 0 Å².